The van der Waals surface area contributed by atoms with E-state index in [9.17, 15) is 0 Å². The summed E-state index contributed by atoms with van der Waals surface area (Å²) < 4.78 is 4.18. The van der Waals surface area contributed by atoms with Crippen LogP contribution in [0.15, 0.2) is 4.74 Å². The highest BCUT2D eigenvalue weighted by molar-refractivity contribution is 7.26. The van der Waals surface area contributed by atoms with Crippen LogP contribution in [-0.4, -0.2) is 25.8 Å². The summed E-state index contributed by atoms with van der Waals surface area (Å²) in [5.74, 6) is 0. The van der Waals surface area contributed by atoms with Crippen LogP contribution in [0.25, 0.3) is 0 Å². The molecule has 0 aromatic heterocycles. The first-order chi connectivity index (χ1) is 3.50. The molecule has 0 unspecified atom stereocenters. The van der Waals surface area contributed by atoms with Crippen molar-refractivity contribution in [2.24, 2.45) is 4.74 Å². The Balaban J connectivity index is 2.20. The van der Waals surface area contributed by atoms with E-state index in [1.54, 1.807) is 0 Å². The van der Waals surface area contributed by atoms with E-state index in [4.69, 9.17) is 0 Å². The van der Waals surface area contributed by atoms with E-state index < -0.39 is 0 Å². The Morgan fingerprint density at radius 2 is 2.43 bits per heavy atom. The zero-order valence-electron chi connectivity index (χ0n) is 4.22. The van der Waals surface area contributed by atoms with Crippen LogP contribution in [0.4, 0.5) is 0 Å². The molecule has 3 heteroatoms. The average Bonchev–Trinajstić information content (AvgIpc) is 1.90. The number of nitrogens with one attached hydrogen (secondary N) is 1. The molecule has 0 aromatic rings. The minimum Gasteiger partial charge on any atom is -0.314 e. The lowest BCUT2D eigenvalue weighted by Gasteiger charge is -1.90. The molecule has 1 N–H and O–H groups in total. The van der Waals surface area contributed by atoms with Crippen molar-refractivity contribution in [2.75, 3.05) is 25.8 Å². The lowest BCUT2D eigenvalue weighted by molar-refractivity contribution is 0.744. The highest BCUT2D eigenvalue weighted by atomic mass is 31.1. The normalized spacial score (nSPS) is 24.0. The Kier molecular flexibility index (Phi) is 2.31. The first-order valence-electron chi connectivity index (χ1n) is 2.54. The largest absolute Gasteiger partial charge is 0.314 e. The summed E-state index contributed by atoms with van der Waals surface area (Å²) in [5, 5.41) is 3.25. The second kappa shape index (κ2) is 3.11. The lowest BCUT2D eigenvalue weighted by Crippen LogP contribution is -2.17. The fourth-order valence-electron chi connectivity index (χ4n) is 0.525. The summed E-state index contributed by atoms with van der Waals surface area (Å²) in [7, 11) is 1.27. The summed E-state index contributed by atoms with van der Waals surface area (Å²) in [6.07, 6.45) is 1.19. The van der Waals surface area contributed by atoms with Gasteiger partial charge in [-0.15, -0.1) is 0 Å². The third-order valence-electron chi connectivity index (χ3n) is 0.877. The molecule has 0 radical (unpaired) electrons. The van der Waals surface area contributed by atoms with Crippen LogP contribution in [0.5, 0.6) is 0 Å². The van der Waals surface area contributed by atoms with E-state index in [0.717, 1.165) is 19.6 Å². The third kappa shape index (κ3) is 2.00. The Hall–Kier alpha value is 0.0600. The van der Waals surface area contributed by atoms with E-state index in [1.165, 1.54) is 14.5 Å². The van der Waals surface area contributed by atoms with Gasteiger partial charge >= 0.3 is 0 Å². The second-order valence-corrected chi connectivity index (χ2v) is 2.49. The molecule has 1 aliphatic heterocycles. The molecule has 0 atom stereocenters. The minimum absolute atomic E-state index is 1.00. The van der Waals surface area contributed by atoms with Crippen LogP contribution in [0.1, 0.15) is 0 Å². The average molecular weight is 116 g/mol. The molecule has 0 spiro atoms. The fourth-order valence-corrected chi connectivity index (χ4v) is 1.17. The smallest absolute Gasteiger partial charge is 0.0557 e. The van der Waals surface area contributed by atoms with E-state index >= 15 is 0 Å². The number of rotatable bonds is 0. The first-order valence-corrected chi connectivity index (χ1v) is 3.57. The molecule has 1 aliphatic rings. The summed E-state index contributed by atoms with van der Waals surface area (Å²) in [5.41, 5.74) is 0. The number of hydrogen-bond acceptors (Lipinski definition) is 2. The van der Waals surface area contributed by atoms with Crippen molar-refractivity contribution in [2.45, 2.75) is 0 Å². The van der Waals surface area contributed by atoms with Gasteiger partial charge in [0.2, 0.25) is 0 Å². The number of hydrogen-bond donors (Lipinski definition) is 1. The van der Waals surface area contributed by atoms with Gasteiger partial charge in [-0.1, -0.05) is 0 Å². The van der Waals surface area contributed by atoms with E-state index in [2.05, 4.69) is 10.1 Å². The molecule has 7 heavy (non-hydrogen) atoms. The molecule has 0 aliphatic carbocycles. The molecule has 2 nitrogen and oxygen atoms in total. The van der Waals surface area contributed by atoms with Crippen molar-refractivity contribution < 1.29 is 0 Å². The SMILES string of the molecule is C1CNCCP=N1. The van der Waals surface area contributed by atoms with Crippen LogP contribution in [-0.2, 0) is 0 Å². The van der Waals surface area contributed by atoms with Crippen LogP contribution < -0.4 is 5.32 Å². The Bertz CT molecular complexity index is 64.1. The van der Waals surface area contributed by atoms with Crippen LogP contribution >= 0.6 is 8.37 Å². The summed E-state index contributed by atoms with van der Waals surface area (Å²) >= 11 is 0. The maximum Gasteiger partial charge on any atom is 0.0557 e. The molecule has 0 aromatic carbocycles. The first kappa shape index (κ1) is 5.20. The molecule has 0 saturated carbocycles. The van der Waals surface area contributed by atoms with Gasteiger partial charge in [0.25, 0.3) is 0 Å². The van der Waals surface area contributed by atoms with Gasteiger partial charge in [0.15, 0.2) is 0 Å². The third-order valence-corrected chi connectivity index (χ3v) is 1.70. The van der Waals surface area contributed by atoms with Gasteiger partial charge in [-0.05, 0) is 0 Å². The van der Waals surface area contributed by atoms with Gasteiger partial charge in [-0.3, -0.25) is 4.74 Å². The van der Waals surface area contributed by atoms with Crippen molar-refractivity contribution in [3.8, 4) is 0 Å². The monoisotopic (exact) mass is 116 g/mol. The molecule has 0 amide bonds. The molecule has 0 bridgehead atoms. The fraction of sp³-hybridized carbons (Fsp3) is 1.00. The van der Waals surface area contributed by atoms with E-state index in [0.29, 0.717) is 0 Å². The molecule has 40 valence electrons. The molecular formula is C4H9N2P. The minimum atomic E-state index is 1.00. The standard InChI is InChI=1S/C4H9N2P/c1-2-6-7-4-3-5-1/h5H,1-4H2. The maximum atomic E-state index is 4.18. The van der Waals surface area contributed by atoms with Crippen molar-refractivity contribution in [1.29, 1.82) is 0 Å². The summed E-state index contributed by atoms with van der Waals surface area (Å²) in [4.78, 5) is 0. The van der Waals surface area contributed by atoms with Crippen molar-refractivity contribution in [3.05, 3.63) is 0 Å². The van der Waals surface area contributed by atoms with Crippen molar-refractivity contribution in [3.63, 3.8) is 0 Å². The van der Waals surface area contributed by atoms with E-state index in [1.807, 2.05) is 0 Å². The Labute approximate surface area is 45.2 Å². The maximum absolute atomic E-state index is 4.18. The molecule has 0 saturated heterocycles. The second-order valence-electron chi connectivity index (χ2n) is 1.48. The van der Waals surface area contributed by atoms with Gasteiger partial charge in [-0.25, -0.2) is 0 Å². The molecular weight excluding hydrogens is 107 g/mol. The summed E-state index contributed by atoms with van der Waals surface area (Å²) in [6.45, 7) is 3.22. The lowest BCUT2D eigenvalue weighted by atomic mass is 10.6. The molecule has 1 rings (SSSR count). The molecule has 1 heterocycles. The van der Waals surface area contributed by atoms with Gasteiger partial charge in [0.05, 0.1) is 6.54 Å². The zero-order chi connectivity index (χ0) is 4.95. The Morgan fingerprint density at radius 3 is 3.43 bits per heavy atom. The molecule has 0 fully saturated rings. The van der Waals surface area contributed by atoms with Crippen molar-refractivity contribution in [1.82, 2.24) is 5.32 Å². The van der Waals surface area contributed by atoms with Crippen LogP contribution in [0.2, 0.25) is 0 Å². The predicted octanol–water partition coefficient (Wildman–Crippen LogP) is 0.719. The quantitative estimate of drug-likeness (QED) is 0.463. The van der Waals surface area contributed by atoms with Gasteiger partial charge in [0.1, 0.15) is 0 Å². The van der Waals surface area contributed by atoms with Gasteiger partial charge < -0.3 is 5.32 Å². The topological polar surface area (TPSA) is 24.4 Å². The van der Waals surface area contributed by atoms with Crippen LogP contribution in [0, 0.1) is 0 Å². The van der Waals surface area contributed by atoms with E-state index in [-0.39, 0.29) is 0 Å². The van der Waals surface area contributed by atoms with Gasteiger partial charge in [-0.2, -0.15) is 0 Å². The zero-order valence-corrected chi connectivity index (χ0v) is 5.12. The predicted molar refractivity (Wildman–Crippen MR) is 32.0 cm³/mol. The summed E-state index contributed by atoms with van der Waals surface area (Å²) in [6, 6.07) is 0. The van der Waals surface area contributed by atoms with Crippen molar-refractivity contribution >= 4 is 8.37 Å². The highest BCUT2D eigenvalue weighted by Crippen LogP contribution is 1.98. The number of nitrogens with zero attached hydrogens (tertiary/aromatic N) is 1. The van der Waals surface area contributed by atoms with Crippen LogP contribution in [0.3, 0.4) is 0 Å². The Morgan fingerprint density at radius 1 is 1.43 bits per heavy atom. The highest BCUT2D eigenvalue weighted by Gasteiger charge is 1.87. The van der Waals surface area contributed by atoms with Gasteiger partial charge in [0, 0.05) is 27.6 Å².